The molecule has 3 aromatic rings. The van der Waals surface area contributed by atoms with Crippen molar-refractivity contribution in [2.45, 2.75) is 26.3 Å². The standard InChI is InChI=1S/C20H21N3OS/c1-2-3-12-23(15-18-9-4-5-10-21-18)20(24)17-8-6-7-16(14-17)19-22-11-13-25-19/h4-11,13-14H,2-3,12,15H2,1H3. The Bertz CT molecular complexity index is 803. The molecule has 0 atom stereocenters. The molecule has 0 fully saturated rings. The molecule has 1 aromatic carbocycles. The Balaban J connectivity index is 1.83. The van der Waals surface area contributed by atoms with Gasteiger partial charge in [0.2, 0.25) is 0 Å². The van der Waals surface area contributed by atoms with Crippen LogP contribution in [0.5, 0.6) is 0 Å². The monoisotopic (exact) mass is 351 g/mol. The molecule has 0 N–H and O–H groups in total. The molecule has 2 heterocycles. The van der Waals surface area contributed by atoms with E-state index in [2.05, 4.69) is 16.9 Å². The molecular formula is C20H21N3OS. The zero-order chi connectivity index (χ0) is 17.5. The Hall–Kier alpha value is -2.53. The normalized spacial score (nSPS) is 10.6. The number of pyridine rings is 1. The van der Waals surface area contributed by atoms with Crippen LogP contribution in [0.4, 0.5) is 0 Å². The van der Waals surface area contributed by atoms with Gasteiger partial charge in [0.25, 0.3) is 5.91 Å². The van der Waals surface area contributed by atoms with E-state index >= 15 is 0 Å². The van der Waals surface area contributed by atoms with Crippen LogP contribution in [0.25, 0.3) is 10.6 Å². The van der Waals surface area contributed by atoms with E-state index in [1.165, 1.54) is 0 Å². The van der Waals surface area contributed by atoms with Gasteiger partial charge in [-0.05, 0) is 30.7 Å². The van der Waals surface area contributed by atoms with Crippen molar-refractivity contribution < 1.29 is 4.79 Å². The van der Waals surface area contributed by atoms with Crippen molar-refractivity contribution in [3.8, 4) is 10.6 Å². The van der Waals surface area contributed by atoms with Gasteiger partial charge in [-0.15, -0.1) is 11.3 Å². The highest BCUT2D eigenvalue weighted by molar-refractivity contribution is 7.13. The molecule has 0 unspecified atom stereocenters. The molecule has 2 aromatic heterocycles. The topological polar surface area (TPSA) is 46.1 Å². The van der Waals surface area contributed by atoms with Crippen LogP contribution in [0.1, 0.15) is 35.8 Å². The zero-order valence-electron chi connectivity index (χ0n) is 14.3. The SMILES string of the molecule is CCCCN(Cc1ccccn1)C(=O)c1cccc(-c2nccs2)c1. The van der Waals surface area contributed by atoms with Crippen LogP contribution in [0.2, 0.25) is 0 Å². The average Bonchev–Trinajstić information content (AvgIpc) is 3.20. The summed E-state index contributed by atoms with van der Waals surface area (Å²) in [6, 6.07) is 13.5. The first-order valence-corrected chi connectivity index (χ1v) is 9.35. The predicted molar refractivity (Wildman–Crippen MR) is 101 cm³/mol. The molecule has 1 amide bonds. The Morgan fingerprint density at radius 3 is 2.76 bits per heavy atom. The van der Waals surface area contributed by atoms with Gasteiger partial charge >= 0.3 is 0 Å². The summed E-state index contributed by atoms with van der Waals surface area (Å²) in [6.45, 7) is 3.39. The van der Waals surface area contributed by atoms with Crippen LogP contribution in [-0.2, 0) is 6.54 Å². The number of aromatic nitrogens is 2. The second-order valence-corrected chi connectivity index (χ2v) is 6.71. The Morgan fingerprint density at radius 1 is 1.12 bits per heavy atom. The van der Waals surface area contributed by atoms with Gasteiger partial charge < -0.3 is 4.90 Å². The summed E-state index contributed by atoms with van der Waals surface area (Å²) < 4.78 is 0. The van der Waals surface area contributed by atoms with Gasteiger partial charge in [-0.25, -0.2) is 4.98 Å². The van der Waals surface area contributed by atoms with Crippen LogP contribution in [0, 0.1) is 0 Å². The first-order valence-electron chi connectivity index (χ1n) is 8.47. The van der Waals surface area contributed by atoms with Crippen molar-refractivity contribution in [2.75, 3.05) is 6.54 Å². The summed E-state index contributed by atoms with van der Waals surface area (Å²) in [5.41, 5.74) is 2.58. The lowest BCUT2D eigenvalue weighted by Gasteiger charge is -2.22. The number of nitrogens with zero attached hydrogens (tertiary/aromatic N) is 3. The Labute approximate surface area is 152 Å². The molecule has 0 saturated heterocycles. The van der Waals surface area contributed by atoms with Gasteiger partial charge in [0.05, 0.1) is 12.2 Å². The van der Waals surface area contributed by atoms with Crippen molar-refractivity contribution in [1.82, 2.24) is 14.9 Å². The van der Waals surface area contributed by atoms with Crippen LogP contribution in [-0.4, -0.2) is 27.3 Å². The summed E-state index contributed by atoms with van der Waals surface area (Å²) in [5.74, 6) is 0.0394. The minimum atomic E-state index is 0.0394. The molecule has 0 aliphatic carbocycles. The first kappa shape index (κ1) is 17.3. The van der Waals surface area contributed by atoms with Gasteiger partial charge in [0.1, 0.15) is 5.01 Å². The third-order valence-electron chi connectivity index (χ3n) is 3.94. The first-order chi connectivity index (χ1) is 12.3. The van der Waals surface area contributed by atoms with E-state index in [0.29, 0.717) is 12.1 Å². The van der Waals surface area contributed by atoms with E-state index in [9.17, 15) is 4.79 Å². The molecule has 0 aliphatic heterocycles. The van der Waals surface area contributed by atoms with E-state index in [0.717, 1.165) is 35.7 Å². The lowest BCUT2D eigenvalue weighted by Crippen LogP contribution is -2.31. The lowest BCUT2D eigenvalue weighted by molar-refractivity contribution is 0.0739. The number of carbonyl (C=O) groups excluding carboxylic acids is 1. The fourth-order valence-corrected chi connectivity index (χ4v) is 3.26. The molecule has 0 aliphatic rings. The maximum absolute atomic E-state index is 13.1. The van der Waals surface area contributed by atoms with E-state index < -0.39 is 0 Å². The number of thiazole rings is 1. The summed E-state index contributed by atoms with van der Waals surface area (Å²) in [5, 5.41) is 2.87. The largest absolute Gasteiger partial charge is 0.333 e. The fraction of sp³-hybridized carbons (Fsp3) is 0.250. The van der Waals surface area contributed by atoms with Crippen molar-refractivity contribution in [3.63, 3.8) is 0 Å². The van der Waals surface area contributed by atoms with E-state index in [1.807, 2.05) is 52.7 Å². The molecule has 128 valence electrons. The minimum absolute atomic E-state index is 0.0394. The second-order valence-electron chi connectivity index (χ2n) is 5.82. The van der Waals surface area contributed by atoms with Crippen LogP contribution in [0.3, 0.4) is 0 Å². The quantitative estimate of drug-likeness (QED) is 0.622. The van der Waals surface area contributed by atoms with Gasteiger partial charge in [-0.1, -0.05) is 31.5 Å². The summed E-state index contributed by atoms with van der Waals surface area (Å²) in [6.07, 6.45) is 5.57. The van der Waals surface area contributed by atoms with Gasteiger partial charge in [0, 0.05) is 35.4 Å². The van der Waals surface area contributed by atoms with Crippen LogP contribution in [0.15, 0.2) is 60.2 Å². The molecule has 4 nitrogen and oxygen atoms in total. The van der Waals surface area contributed by atoms with Gasteiger partial charge in [-0.3, -0.25) is 9.78 Å². The van der Waals surface area contributed by atoms with E-state index in [4.69, 9.17) is 0 Å². The molecule has 5 heteroatoms. The average molecular weight is 351 g/mol. The van der Waals surface area contributed by atoms with Crippen LogP contribution >= 0.6 is 11.3 Å². The molecule has 0 radical (unpaired) electrons. The molecule has 0 spiro atoms. The van der Waals surface area contributed by atoms with Crippen molar-refractivity contribution in [3.05, 3.63) is 71.5 Å². The van der Waals surface area contributed by atoms with E-state index in [-0.39, 0.29) is 5.91 Å². The minimum Gasteiger partial charge on any atom is -0.333 e. The van der Waals surface area contributed by atoms with Crippen molar-refractivity contribution in [1.29, 1.82) is 0 Å². The second kappa shape index (κ2) is 8.53. The summed E-state index contributed by atoms with van der Waals surface area (Å²) in [4.78, 5) is 23.6. The number of amides is 1. The number of rotatable bonds is 7. The number of benzene rings is 1. The Morgan fingerprint density at radius 2 is 2.04 bits per heavy atom. The third-order valence-corrected chi connectivity index (χ3v) is 4.76. The maximum Gasteiger partial charge on any atom is 0.254 e. The highest BCUT2D eigenvalue weighted by Crippen LogP contribution is 2.23. The summed E-state index contributed by atoms with van der Waals surface area (Å²) in [7, 11) is 0. The predicted octanol–water partition coefficient (Wildman–Crippen LogP) is 4.65. The molecule has 25 heavy (non-hydrogen) atoms. The third kappa shape index (κ3) is 4.51. The fourth-order valence-electron chi connectivity index (χ4n) is 2.62. The number of unbranched alkanes of at least 4 members (excludes halogenated alkanes) is 1. The van der Waals surface area contributed by atoms with Crippen molar-refractivity contribution >= 4 is 17.2 Å². The highest BCUT2D eigenvalue weighted by Gasteiger charge is 2.17. The summed E-state index contributed by atoms with van der Waals surface area (Å²) >= 11 is 1.58. The number of carbonyl (C=O) groups is 1. The molecule has 0 saturated carbocycles. The Kier molecular flexibility index (Phi) is 5.90. The zero-order valence-corrected chi connectivity index (χ0v) is 15.1. The van der Waals surface area contributed by atoms with Gasteiger partial charge in [0.15, 0.2) is 0 Å². The molecule has 3 rings (SSSR count). The van der Waals surface area contributed by atoms with Gasteiger partial charge in [-0.2, -0.15) is 0 Å². The van der Waals surface area contributed by atoms with Crippen LogP contribution < -0.4 is 0 Å². The number of hydrogen-bond acceptors (Lipinski definition) is 4. The number of hydrogen-bond donors (Lipinski definition) is 0. The molecule has 0 bridgehead atoms. The van der Waals surface area contributed by atoms with E-state index in [1.54, 1.807) is 23.7 Å². The smallest absolute Gasteiger partial charge is 0.254 e. The lowest BCUT2D eigenvalue weighted by atomic mass is 10.1. The highest BCUT2D eigenvalue weighted by atomic mass is 32.1. The maximum atomic E-state index is 13.1. The van der Waals surface area contributed by atoms with Crippen molar-refractivity contribution in [2.24, 2.45) is 0 Å². The molecular weight excluding hydrogens is 330 g/mol.